The van der Waals surface area contributed by atoms with Crippen LogP contribution in [0.15, 0.2) is 49.3 Å². The summed E-state index contributed by atoms with van der Waals surface area (Å²) >= 11 is 0. The molecule has 0 saturated carbocycles. The van der Waals surface area contributed by atoms with E-state index in [1.54, 1.807) is 6.08 Å². The molecule has 0 spiro atoms. The Kier molecular flexibility index (Phi) is 4.55. The van der Waals surface area contributed by atoms with Gasteiger partial charge in [0.1, 0.15) is 12.0 Å². The van der Waals surface area contributed by atoms with Crippen LogP contribution in [-0.2, 0) is 6.54 Å². The quantitative estimate of drug-likeness (QED) is 0.788. The second kappa shape index (κ2) is 6.56. The third kappa shape index (κ3) is 3.26. The van der Waals surface area contributed by atoms with Gasteiger partial charge in [0.2, 0.25) is 0 Å². The summed E-state index contributed by atoms with van der Waals surface area (Å²) in [6, 6.07) is 10.2. The van der Waals surface area contributed by atoms with Crippen LogP contribution < -0.4 is 16.0 Å². The van der Waals surface area contributed by atoms with E-state index in [1.807, 2.05) is 30.1 Å². The molecule has 1 heterocycles. The number of aromatic nitrogens is 2. The summed E-state index contributed by atoms with van der Waals surface area (Å²) in [4.78, 5) is 10.4. The highest BCUT2D eigenvalue weighted by atomic mass is 15.2. The van der Waals surface area contributed by atoms with Gasteiger partial charge >= 0.3 is 0 Å². The van der Waals surface area contributed by atoms with E-state index in [-0.39, 0.29) is 0 Å². The SMILES string of the molecule is C=CCNc1ncnc(N(C)Cc2ccccc2)c1N. The fraction of sp³-hybridized carbons (Fsp3) is 0.200. The molecular formula is C15H19N5. The summed E-state index contributed by atoms with van der Waals surface area (Å²) in [6.07, 6.45) is 3.27. The second-order valence-corrected chi connectivity index (χ2v) is 4.47. The normalized spacial score (nSPS) is 10.1. The lowest BCUT2D eigenvalue weighted by molar-refractivity contribution is 0.893. The summed E-state index contributed by atoms with van der Waals surface area (Å²) in [5, 5.41) is 3.10. The average Bonchev–Trinajstić information content (AvgIpc) is 2.47. The highest BCUT2D eigenvalue weighted by molar-refractivity contribution is 5.74. The number of nitrogen functional groups attached to an aromatic ring is 1. The van der Waals surface area contributed by atoms with Gasteiger partial charge in [-0.1, -0.05) is 36.4 Å². The summed E-state index contributed by atoms with van der Waals surface area (Å²) in [5.74, 6) is 1.35. The summed E-state index contributed by atoms with van der Waals surface area (Å²) in [5.41, 5.74) is 7.87. The van der Waals surface area contributed by atoms with Crippen LogP contribution in [0.5, 0.6) is 0 Å². The number of anilines is 3. The molecule has 0 bridgehead atoms. The molecule has 0 fully saturated rings. The lowest BCUT2D eigenvalue weighted by Crippen LogP contribution is -2.20. The van der Waals surface area contributed by atoms with Gasteiger partial charge in [-0.3, -0.25) is 0 Å². The van der Waals surface area contributed by atoms with Crippen molar-refractivity contribution in [2.75, 3.05) is 29.5 Å². The minimum Gasteiger partial charge on any atom is -0.393 e. The molecule has 0 amide bonds. The van der Waals surface area contributed by atoms with Crippen LogP contribution in [-0.4, -0.2) is 23.6 Å². The largest absolute Gasteiger partial charge is 0.393 e. The molecule has 1 aromatic carbocycles. The number of nitrogens with zero attached hydrogens (tertiary/aromatic N) is 3. The lowest BCUT2D eigenvalue weighted by Gasteiger charge is -2.20. The maximum Gasteiger partial charge on any atom is 0.157 e. The van der Waals surface area contributed by atoms with E-state index in [0.717, 1.165) is 12.4 Å². The Labute approximate surface area is 119 Å². The molecule has 0 aliphatic rings. The van der Waals surface area contributed by atoms with E-state index in [0.29, 0.717) is 18.1 Å². The molecule has 20 heavy (non-hydrogen) atoms. The van der Waals surface area contributed by atoms with Crippen LogP contribution in [0.3, 0.4) is 0 Å². The predicted molar refractivity (Wildman–Crippen MR) is 83.7 cm³/mol. The standard InChI is InChI=1S/C15H19N5/c1-3-9-17-14-13(16)15(19-11-18-14)20(2)10-12-7-5-4-6-8-12/h3-8,11H,1,9-10,16H2,2H3,(H,17,18,19). The molecule has 2 rings (SSSR count). The van der Waals surface area contributed by atoms with Gasteiger partial charge in [-0.2, -0.15) is 0 Å². The molecule has 0 aliphatic carbocycles. The summed E-state index contributed by atoms with van der Waals surface area (Å²) in [6.45, 7) is 5.01. The van der Waals surface area contributed by atoms with Crippen LogP contribution in [0.25, 0.3) is 0 Å². The Bertz CT molecular complexity index is 568. The highest BCUT2D eigenvalue weighted by Crippen LogP contribution is 2.26. The van der Waals surface area contributed by atoms with Crippen molar-refractivity contribution in [2.24, 2.45) is 0 Å². The van der Waals surface area contributed by atoms with E-state index >= 15 is 0 Å². The van der Waals surface area contributed by atoms with E-state index in [9.17, 15) is 0 Å². The Morgan fingerprint density at radius 1 is 1.30 bits per heavy atom. The van der Waals surface area contributed by atoms with Crippen LogP contribution >= 0.6 is 0 Å². The molecule has 104 valence electrons. The molecule has 3 N–H and O–H groups in total. The molecule has 0 aliphatic heterocycles. The van der Waals surface area contributed by atoms with Gasteiger partial charge in [0.15, 0.2) is 11.6 Å². The Morgan fingerprint density at radius 2 is 2.05 bits per heavy atom. The number of nitrogens with one attached hydrogen (secondary N) is 1. The molecule has 2 aromatic rings. The van der Waals surface area contributed by atoms with Gasteiger partial charge in [-0.15, -0.1) is 6.58 Å². The van der Waals surface area contributed by atoms with Crippen molar-refractivity contribution in [3.63, 3.8) is 0 Å². The third-order valence-corrected chi connectivity index (χ3v) is 2.90. The molecule has 0 atom stereocenters. The molecular weight excluding hydrogens is 250 g/mol. The molecule has 0 unspecified atom stereocenters. The van der Waals surface area contributed by atoms with Gasteiger partial charge in [-0.25, -0.2) is 9.97 Å². The van der Waals surface area contributed by atoms with Crippen LogP contribution in [0.4, 0.5) is 17.3 Å². The summed E-state index contributed by atoms with van der Waals surface area (Å²) in [7, 11) is 1.96. The summed E-state index contributed by atoms with van der Waals surface area (Å²) < 4.78 is 0. The molecule has 0 radical (unpaired) electrons. The maximum atomic E-state index is 6.12. The number of hydrogen-bond acceptors (Lipinski definition) is 5. The maximum absolute atomic E-state index is 6.12. The van der Waals surface area contributed by atoms with Gasteiger partial charge in [-0.05, 0) is 5.56 Å². The van der Waals surface area contributed by atoms with Crippen molar-refractivity contribution in [3.05, 3.63) is 54.9 Å². The predicted octanol–water partition coefficient (Wildman–Crippen LogP) is 2.29. The zero-order valence-corrected chi connectivity index (χ0v) is 11.6. The minimum atomic E-state index is 0.549. The smallest absolute Gasteiger partial charge is 0.157 e. The van der Waals surface area contributed by atoms with Crippen LogP contribution in [0, 0.1) is 0 Å². The topological polar surface area (TPSA) is 67.1 Å². The average molecular weight is 269 g/mol. The Balaban J connectivity index is 2.17. The van der Waals surface area contributed by atoms with Crippen LogP contribution in [0.2, 0.25) is 0 Å². The number of rotatable bonds is 6. The first-order valence-electron chi connectivity index (χ1n) is 6.42. The van der Waals surface area contributed by atoms with Gasteiger partial charge in [0, 0.05) is 20.1 Å². The first kappa shape index (κ1) is 13.9. The van der Waals surface area contributed by atoms with E-state index in [1.165, 1.54) is 11.9 Å². The monoisotopic (exact) mass is 269 g/mol. The zero-order valence-electron chi connectivity index (χ0n) is 11.6. The van der Waals surface area contributed by atoms with E-state index < -0.39 is 0 Å². The van der Waals surface area contributed by atoms with Gasteiger partial charge in [0.05, 0.1) is 0 Å². The van der Waals surface area contributed by atoms with Crippen molar-refractivity contribution >= 4 is 17.3 Å². The fourth-order valence-electron chi connectivity index (χ4n) is 1.93. The van der Waals surface area contributed by atoms with Gasteiger partial charge < -0.3 is 16.0 Å². The number of hydrogen-bond donors (Lipinski definition) is 2. The van der Waals surface area contributed by atoms with Crippen molar-refractivity contribution < 1.29 is 0 Å². The Hall–Kier alpha value is -2.56. The van der Waals surface area contributed by atoms with Crippen LogP contribution in [0.1, 0.15) is 5.56 Å². The lowest BCUT2D eigenvalue weighted by atomic mass is 10.2. The molecule has 5 nitrogen and oxygen atoms in total. The molecule has 1 aromatic heterocycles. The van der Waals surface area contributed by atoms with Crippen molar-refractivity contribution in [1.29, 1.82) is 0 Å². The van der Waals surface area contributed by atoms with Gasteiger partial charge in [0.25, 0.3) is 0 Å². The van der Waals surface area contributed by atoms with Crippen molar-refractivity contribution in [3.8, 4) is 0 Å². The minimum absolute atomic E-state index is 0.549. The zero-order chi connectivity index (χ0) is 14.4. The second-order valence-electron chi connectivity index (χ2n) is 4.47. The molecule has 0 saturated heterocycles. The van der Waals surface area contributed by atoms with E-state index in [2.05, 4.69) is 34.0 Å². The number of nitrogens with two attached hydrogens (primary N) is 1. The first-order valence-corrected chi connectivity index (χ1v) is 6.42. The highest BCUT2D eigenvalue weighted by Gasteiger charge is 2.11. The third-order valence-electron chi connectivity index (χ3n) is 2.90. The molecule has 5 heteroatoms. The first-order chi connectivity index (χ1) is 9.72. The fourth-order valence-corrected chi connectivity index (χ4v) is 1.93. The van der Waals surface area contributed by atoms with E-state index in [4.69, 9.17) is 5.73 Å². The van der Waals surface area contributed by atoms with Crippen molar-refractivity contribution in [1.82, 2.24) is 9.97 Å². The van der Waals surface area contributed by atoms with Crippen molar-refractivity contribution in [2.45, 2.75) is 6.54 Å². The Morgan fingerprint density at radius 3 is 2.75 bits per heavy atom. The number of benzene rings is 1.